The van der Waals surface area contributed by atoms with Crippen LogP contribution >= 0.6 is 11.6 Å². The number of carbonyl (C=O) groups is 1. The molecular weight excluding hydrogens is 472 g/mol. The van der Waals surface area contributed by atoms with Gasteiger partial charge < -0.3 is 24.3 Å². The first-order valence-electron chi connectivity index (χ1n) is 11.0. The Bertz CT molecular complexity index is 1400. The van der Waals surface area contributed by atoms with Crippen LogP contribution < -0.4 is 24.3 Å². The van der Waals surface area contributed by atoms with Crippen molar-refractivity contribution in [2.75, 3.05) is 32.8 Å². The summed E-state index contributed by atoms with van der Waals surface area (Å²) in [5.41, 5.74) is 2.38. The highest BCUT2D eigenvalue weighted by Crippen LogP contribution is 2.38. The highest BCUT2D eigenvalue weighted by molar-refractivity contribution is 6.34. The summed E-state index contributed by atoms with van der Waals surface area (Å²) in [5.74, 6) is 2.16. The van der Waals surface area contributed by atoms with Crippen molar-refractivity contribution in [2.45, 2.75) is 13.0 Å². The van der Waals surface area contributed by atoms with Crippen molar-refractivity contribution in [1.29, 1.82) is 0 Å². The number of hydrogen-bond donors (Lipinski definition) is 1. The van der Waals surface area contributed by atoms with Gasteiger partial charge in [-0.3, -0.25) is 4.79 Å². The lowest BCUT2D eigenvalue weighted by Gasteiger charge is -2.12. The van der Waals surface area contributed by atoms with Gasteiger partial charge in [0.2, 0.25) is 0 Å². The van der Waals surface area contributed by atoms with Gasteiger partial charge >= 0.3 is 0 Å². The molecule has 5 rings (SSSR count). The van der Waals surface area contributed by atoms with Crippen LogP contribution in [0.2, 0.25) is 5.02 Å². The molecule has 180 valence electrons. The molecule has 0 bridgehead atoms. The second-order valence-corrected chi connectivity index (χ2v) is 8.31. The Labute approximate surface area is 206 Å². The predicted octanol–water partition coefficient (Wildman–Crippen LogP) is 4.56. The molecule has 0 saturated carbocycles. The predicted molar refractivity (Wildman–Crippen MR) is 131 cm³/mol. The van der Waals surface area contributed by atoms with E-state index in [-0.39, 0.29) is 5.91 Å². The van der Waals surface area contributed by atoms with Crippen LogP contribution in [0.3, 0.4) is 0 Å². The number of nitrogens with zero attached hydrogens (tertiary/aromatic N) is 3. The fraction of sp³-hybridized carbons (Fsp3) is 0.240. The zero-order valence-electron chi connectivity index (χ0n) is 19.2. The number of carbonyl (C=O) groups excluding carboxylic acids is 1. The van der Waals surface area contributed by atoms with E-state index < -0.39 is 0 Å². The number of ether oxygens (including phenoxy) is 4. The number of nitrogens with one attached hydrogen (secondary N) is 1. The van der Waals surface area contributed by atoms with Gasteiger partial charge in [0.15, 0.2) is 17.1 Å². The van der Waals surface area contributed by atoms with Gasteiger partial charge in [-0.1, -0.05) is 11.6 Å². The summed E-state index contributed by atoms with van der Waals surface area (Å²) >= 11 is 6.37. The molecule has 10 heteroatoms. The number of pyridine rings is 1. The van der Waals surface area contributed by atoms with Crippen molar-refractivity contribution in [1.82, 2.24) is 14.8 Å². The SMILES string of the molecule is COc1ccc(Cn2ncc3cc(C(=O)Nc4cc5c(cc4Cl)OCCCO5)cnc32)c(OC)c1. The fourth-order valence-corrected chi connectivity index (χ4v) is 4.03. The molecular formula is C25H23ClN4O5. The lowest BCUT2D eigenvalue weighted by Crippen LogP contribution is -2.13. The number of anilines is 1. The second-order valence-electron chi connectivity index (χ2n) is 7.90. The molecule has 2 aromatic heterocycles. The van der Waals surface area contributed by atoms with Crippen molar-refractivity contribution in [3.05, 3.63) is 64.9 Å². The monoisotopic (exact) mass is 494 g/mol. The average Bonchev–Trinajstić information content (AvgIpc) is 3.13. The molecule has 1 amide bonds. The van der Waals surface area contributed by atoms with Crippen molar-refractivity contribution >= 4 is 34.2 Å². The van der Waals surface area contributed by atoms with E-state index in [1.807, 2.05) is 18.2 Å². The first-order valence-corrected chi connectivity index (χ1v) is 11.4. The Morgan fingerprint density at radius 3 is 2.66 bits per heavy atom. The normalized spacial score (nSPS) is 12.8. The Kier molecular flexibility index (Phi) is 6.33. The average molecular weight is 495 g/mol. The maximum Gasteiger partial charge on any atom is 0.257 e. The van der Waals surface area contributed by atoms with Gasteiger partial charge in [-0.2, -0.15) is 5.10 Å². The van der Waals surface area contributed by atoms with Gasteiger partial charge in [0.05, 0.1) is 56.4 Å². The van der Waals surface area contributed by atoms with E-state index in [1.165, 1.54) is 6.20 Å². The molecule has 0 saturated heterocycles. The molecule has 0 fully saturated rings. The summed E-state index contributed by atoms with van der Waals surface area (Å²) in [6.45, 7) is 1.54. The van der Waals surface area contributed by atoms with Crippen molar-refractivity contribution < 1.29 is 23.7 Å². The minimum Gasteiger partial charge on any atom is -0.497 e. The van der Waals surface area contributed by atoms with Crippen LogP contribution in [0.4, 0.5) is 5.69 Å². The second kappa shape index (κ2) is 9.71. The Hall–Kier alpha value is -3.98. The summed E-state index contributed by atoms with van der Waals surface area (Å²) in [7, 11) is 3.22. The quantitative estimate of drug-likeness (QED) is 0.419. The van der Waals surface area contributed by atoms with E-state index in [1.54, 1.807) is 43.3 Å². The topological polar surface area (TPSA) is 96.7 Å². The van der Waals surface area contributed by atoms with Crippen LogP contribution in [0, 0.1) is 0 Å². The Morgan fingerprint density at radius 2 is 1.89 bits per heavy atom. The van der Waals surface area contributed by atoms with E-state index in [0.717, 1.165) is 17.4 Å². The highest BCUT2D eigenvalue weighted by atomic mass is 35.5. The van der Waals surface area contributed by atoms with Crippen LogP contribution in [0.5, 0.6) is 23.0 Å². The minimum atomic E-state index is -0.347. The molecule has 35 heavy (non-hydrogen) atoms. The number of hydrogen-bond acceptors (Lipinski definition) is 7. The molecule has 2 aromatic carbocycles. The van der Waals surface area contributed by atoms with Gasteiger partial charge in [0, 0.05) is 41.8 Å². The number of methoxy groups -OCH3 is 2. The molecule has 1 aliphatic rings. The van der Waals surface area contributed by atoms with Crippen molar-refractivity contribution in [2.24, 2.45) is 0 Å². The molecule has 9 nitrogen and oxygen atoms in total. The third kappa shape index (κ3) is 4.67. The number of aromatic nitrogens is 3. The lowest BCUT2D eigenvalue weighted by molar-refractivity contribution is 0.102. The van der Waals surface area contributed by atoms with E-state index in [9.17, 15) is 4.79 Å². The van der Waals surface area contributed by atoms with Gasteiger partial charge in [-0.25, -0.2) is 9.67 Å². The van der Waals surface area contributed by atoms with Gasteiger partial charge in [0.25, 0.3) is 5.91 Å². The van der Waals surface area contributed by atoms with E-state index in [0.29, 0.717) is 64.7 Å². The third-order valence-corrected chi connectivity index (χ3v) is 5.95. The van der Waals surface area contributed by atoms with E-state index in [4.69, 9.17) is 30.5 Å². The Balaban J connectivity index is 1.37. The zero-order valence-corrected chi connectivity index (χ0v) is 20.0. The van der Waals surface area contributed by atoms with Crippen LogP contribution in [-0.2, 0) is 6.54 Å². The summed E-state index contributed by atoms with van der Waals surface area (Å²) in [6, 6.07) is 10.7. The van der Waals surface area contributed by atoms with Gasteiger partial charge in [-0.15, -0.1) is 0 Å². The fourth-order valence-electron chi connectivity index (χ4n) is 3.83. The van der Waals surface area contributed by atoms with Gasteiger partial charge in [-0.05, 0) is 18.2 Å². The van der Waals surface area contributed by atoms with E-state index in [2.05, 4.69) is 15.4 Å². The third-order valence-electron chi connectivity index (χ3n) is 5.64. The smallest absolute Gasteiger partial charge is 0.257 e. The molecule has 0 atom stereocenters. The zero-order chi connectivity index (χ0) is 24.4. The maximum atomic E-state index is 13.0. The minimum absolute atomic E-state index is 0.347. The number of rotatable bonds is 6. The number of halogens is 1. The molecule has 0 aliphatic carbocycles. The number of amides is 1. The van der Waals surface area contributed by atoms with Gasteiger partial charge in [0.1, 0.15) is 11.5 Å². The molecule has 4 aromatic rings. The number of fused-ring (bicyclic) bond motifs is 2. The molecule has 0 spiro atoms. The Morgan fingerprint density at radius 1 is 1.09 bits per heavy atom. The highest BCUT2D eigenvalue weighted by Gasteiger charge is 2.17. The lowest BCUT2D eigenvalue weighted by atomic mass is 10.2. The van der Waals surface area contributed by atoms with E-state index >= 15 is 0 Å². The maximum absolute atomic E-state index is 13.0. The standard InChI is InChI=1S/C25H23ClN4O5/c1-32-18-5-4-15(21(9-18)33-2)14-30-24-16(13-28-30)8-17(12-27-24)25(31)29-20-11-23-22(10-19(20)26)34-6-3-7-35-23/h4-5,8-13H,3,6-7,14H2,1-2H3,(H,29,31). The molecule has 0 radical (unpaired) electrons. The van der Waals surface area contributed by atoms with Crippen LogP contribution in [0.1, 0.15) is 22.3 Å². The summed E-state index contributed by atoms with van der Waals surface area (Å²) < 4.78 is 23.8. The summed E-state index contributed by atoms with van der Waals surface area (Å²) in [4.78, 5) is 17.4. The summed E-state index contributed by atoms with van der Waals surface area (Å²) in [5, 5.41) is 8.37. The molecule has 3 heterocycles. The number of benzene rings is 2. The molecule has 1 N–H and O–H groups in total. The molecule has 1 aliphatic heterocycles. The first-order chi connectivity index (χ1) is 17.1. The van der Waals surface area contributed by atoms with Crippen LogP contribution in [0.25, 0.3) is 11.0 Å². The van der Waals surface area contributed by atoms with Crippen molar-refractivity contribution in [3.8, 4) is 23.0 Å². The van der Waals surface area contributed by atoms with Crippen molar-refractivity contribution in [3.63, 3.8) is 0 Å². The van der Waals surface area contributed by atoms with Crippen LogP contribution in [0.15, 0.2) is 48.8 Å². The molecule has 0 unspecified atom stereocenters. The summed E-state index contributed by atoms with van der Waals surface area (Å²) in [6.07, 6.45) is 3.96. The van der Waals surface area contributed by atoms with Crippen LogP contribution in [-0.4, -0.2) is 48.1 Å². The largest absolute Gasteiger partial charge is 0.497 e. The first kappa shape index (κ1) is 22.8.